The first kappa shape index (κ1) is 66.8. The third-order valence-corrected chi connectivity index (χ3v) is 12.0. The van der Waals surface area contributed by atoms with Crippen molar-refractivity contribution in [2.75, 3.05) is 13.2 Å². The van der Waals surface area contributed by atoms with Gasteiger partial charge >= 0.3 is 17.9 Å². The fourth-order valence-corrected chi connectivity index (χ4v) is 7.61. The predicted molar refractivity (Wildman–Crippen MR) is 306 cm³/mol. The summed E-state index contributed by atoms with van der Waals surface area (Å²) >= 11 is 0. The first-order valence-electron chi connectivity index (χ1n) is 29.0. The maximum atomic E-state index is 12.8. The van der Waals surface area contributed by atoms with Gasteiger partial charge in [-0.1, -0.05) is 245 Å². The van der Waals surface area contributed by atoms with E-state index in [4.69, 9.17) is 14.2 Å². The van der Waals surface area contributed by atoms with Gasteiger partial charge in [0.15, 0.2) is 6.10 Å². The molecule has 0 amide bonds. The van der Waals surface area contributed by atoms with E-state index in [0.717, 1.165) is 116 Å². The zero-order chi connectivity index (χ0) is 51.4. The number of hydrogen-bond donors (Lipinski definition) is 0. The van der Waals surface area contributed by atoms with Gasteiger partial charge < -0.3 is 14.2 Å². The average Bonchev–Trinajstić information content (AvgIpc) is 3.37. The summed E-state index contributed by atoms with van der Waals surface area (Å²) < 4.78 is 16.7. The summed E-state index contributed by atoms with van der Waals surface area (Å²) in [6, 6.07) is 0. The standard InChI is InChI=1S/C65H106O6/c1-4-7-10-13-15-17-19-21-23-25-27-29-31-32-34-35-37-39-41-43-45-47-49-52-55-58-64(67)70-61-62(60-69-63(66)57-54-51-12-9-6-3)71-65(68)59-56-53-50-48-46-44-42-40-38-36-33-30-28-26-24-22-20-18-16-14-11-8-5-2/h8,11,16,18-19,21-22,24-25,27-28,30-32,36,38,42,44,48,50,62H,4-7,9-10,12-15,17,20,23,26,29,33-35,37,39-41,43,45-47,49,51-61H2,1-3H3/b11-8-,18-16-,21-19-,24-22-,27-25-,30-28-,32-31-,38-36-,44-42-,50-48-. The Morgan fingerprint density at radius 2 is 0.563 bits per heavy atom. The fourth-order valence-electron chi connectivity index (χ4n) is 7.61. The summed E-state index contributed by atoms with van der Waals surface area (Å²) in [5, 5.41) is 0. The molecule has 0 saturated carbocycles. The van der Waals surface area contributed by atoms with E-state index in [1.807, 2.05) is 0 Å². The van der Waals surface area contributed by atoms with E-state index in [-0.39, 0.29) is 37.5 Å². The Kier molecular flexibility index (Phi) is 54.9. The van der Waals surface area contributed by atoms with Crippen LogP contribution in [0.25, 0.3) is 0 Å². The molecule has 71 heavy (non-hydrogen) atoms. The van der Waals surface area contributed by atoms with Crippen molar-refractivity contribution in [1.82, 2.24) is 0 Å². The lowest BCUT2D eigenvalue weighted by Gasteiger charge is -2.18. The molecule has 0 bridgehead atoms. The number of carbonyl (C=O) groups is 3. The Balaban J connectivity index is 4.22. The molecule has 1 atom stereocenters. The van der Waals surface area contributed by atoms with E-state index >= 15 is 0 Å². The normalized spacial score (nSPS) is 13.0. The van der Waals surface area contributed by atoms with Crippen LogP contribution < -0.4 is 0 Å². The summed E-state index contributed by atoms with van der Waals surface area (Å²) in [5.74, 6) is -0.987. The molecule has 0 N–H and O–H groups in total. The molecular weight excluding hydrogens is 877 g/mol. The zero-order valence-electron chi connectivity index (χ0n) is 45.9. The molecule has 0 aromatic heterocycles. The molecule has 6 heteroatoms. The molecule has 0 aliphatic rings. The number of carbonyl (C=O) groups excluding carboxylic acids is 3. The molecule has 0 aromatic rings. The van der Waals surface area contributed by atoms with Gasteiger partial charge in [0.05, 0.1) is 0 Å². The highest BCUT2D eigenvalue weighted by atomic mass is 16.6. The molecule has 0 aliphatic carbocycles. The van der Waals surface area contributed by atoms with Gasteiger partial charge in [-0.05, 0) is 109 Å². The van der Waals surface area contributed by atoms with Crippen molar-refractivity contribution in [3.63, 3.8) is 0 Å². The van der Waals surface area contributed by atoms with E-state index in [2.05, 4.69) is 142 Å². The second kappa shape index (κ2) is 58.4. The lowest BCUT2D eigenvalue weighted by atomic mass is 10.1. The van der Waals surface area contributed by atoms with Crippen LogP contribution in [0.1, 0.15) is 252 Å². The van der Waals surface area contributed by atoms with Crippen molar-refractivity contribution in [3.05, 3.63) is 122 Å². The number of esters is 3. The van der Waals surface area contributed by atoms with Crippen LogP contribution in [-0.2, 0) is 28.6 Å². The van der Waals surface area contributed by atoms with Gasteiger partial charge in [-0.25, -0.2) is 0 Å². The van der Waals surface area contributed by atoms with Crippen LogP contribution in [0.15, 0.2) is 122 Å². The number of hydrogen-bond acceptors (Lipinski definition) is 6. The van der Waals surface area contributed by atoms with E-state index < -0.39 is 6.10 Å². The van der Waals surface area contributed by atoms with Crippen molar-refractivity contribution < 1.29 is 28.6 Å². The molecule has 0 aliphatic heterocycles. The summed E-state index contributed by atoms with van der Waals surface area (Å²) in [4.78, 5) is 37.8. The molecule has 6 nitrogen and oxygen atoms in total. The summed E-state index contributed by atoms with van der Waals surface area (Å²) in [7, 11) is 0. The summed E-state index contributed by atoms with van der Waals surface area (Å²) in [5.41, 5.74) is 0. The highest BCUT2D eigenvalue weighted by Gasteiger charge is 2.19. The summed E-state index contributed by atoms with van der Waals surface area (Å²) in [6.45, 7) is 6.37. The van der Waals surface area contributed by atoms with Crippen LogP contribution in [0.5, 0.6) is 0 Å². The van der Waals surface area contributed by atoms with Crippen LogP contribution in [0.3, 0.4) is 0 Å². The van der Waals surface area contributed by atoms with E-state index in [0.29, 0.717) is 19.3 Å². The van der Waals surface area contributed by atoms with Gasteiger partial charge in [0, 0.05) is 19.3 Å². The average molecular weight is 984 g/mol. The Labute approximate surface area is 437 Å². The minimum Gasteiger partial charge on any atom is -0.462 e. The van der Waals surface area contributed by atoms with Gasteiger partial charge in [-0.3, -0.25) is 14.4 Å². The Hall–Kier alpha value is -4.19. The maximum absolute atomic E-state index is 12.8. The number of rotatable bonds is 51. The van der Waals surface area contributed by atoms with Gasteiger partial charge in [-0.15, -0.1) is 0 Å². The molecule has 0 aromatic carbocycles. The van der Waals surface area contributed by atoms with Crippen molar-refractivity contribution in [1.29, 1.82) is 0 Å². The molecule has 402 valence electrons. The van der Waals surface area contributed by atoms with E-state index in [9.17, 15) is 14.4 Å². The van der Waals surface area contributed by atoms with Crippen LogP contribution in [0, 0.1) is 0 Å². The number of ether oxygens (including phenoxy) is 3. The fraction of sp³-hybridized carbons (Fsp3) is 0.646. The molecule has 0 spiro atoms. The zero-order valence-corrected chi connectivity index (χ0v) is 45.9. The second-order valence-corrected chi connectivity index (χ2v) is 18.8. The molecular formula is C65H106O6. The van der Waals surface area contributed by atoms with E-state index in [1.165, 1.54) is 89.9 Å². The monoisotopic (exact) mass is 983 g/mol. The lowest BCUT2D eigenvalue weighted by molar-refractivity contribution is -0.167. The van der Waals surface area contributed by atoms with Gasteiger partial charge in [0.2, 0.25) is 0 Å². The Morgan fingerprint density at radius 1 is 0.296 bits per heavy atom. The first-order chi connectivity index (χ1) is 35.0. The first-order valence-corrected chi connectivity index (χ1v) is 29.0. The quantitative estimate of drug-likeness (QED) is 0.0261. The predicted octanol–water partition coefficient (Wildman–Crippen LogP) is 19.6. The largest absolute Gasteiger partial charge is 0.462 e. The Morgan fingerprint density at radius 3 is 0.901 bits per heavy atom. The van der Waals surface area contributed by atoms with Gasteiger partial charge in [0.25, 0.3) is 0 Å². The SMILES string of the molecule is CC/C=C\C/C=C\C/C=C\C/C=C\C/C=C\C/C=C\C/C=C\CCCC(=O)OC(COC(=O)CCCCCCC)COC(=O)CCCCCCCCCCCC/C=C\C/C=C\C/C=C\CCCCCCC. The molecule has 1 unspecified atom stereocenters. The third-order valence-electron chi connectivity index (χ3n) is 12.0. The second-order valence-electron chi connectivity index (χ2n) is 18.8. The smallest absolute Gasteiger partial charge is 0.306 e. The van der Waals surface area contributed by atoms with Crippen molar-refractivity contribution in [2.45, 2.75) is 258 Å². The summed E-state index contributed by atoms with van der Waals surface area (Å²) in [6.07, 6.45) is 81.0. The van der Waals surface area contributed by atoms with Crippen LogP contribution >= 0.6 is 0 Å². The van der Waals surface area contributed by atoms with Crippen LogP contribution in [0.4, 0.5) is 0 Å². The van der Waals surface area contributed by atoms with Gasteiger partial charge in [-0.2, -0.15) is 0 Å². The Bertz CT molecular complexity index is 1500. The van der Waals surface area contributed by atoms with E-state index in [1.54, 1.807) is 0 Å². The minimum atomic E-state index is -0.810. The van der Waals surface area contributed by atoms with Gasteiger partial charge in [0.1, 0.15) is 13.2 Å². The number of allylic oxidation sites excluding steroid dienone is 20. The molecule has 0 rings (SSSR count). The lowest BCUT2D eigenvalue weighted by Crippen LogP contribution is -2.30. The number of unbranched alkanes of at least 4 members (excludes halogenated alkanes) is 20. The molecule has 0 heterocycles. The minimum absolute atomic E-state index is 0.106. The molecule has 0 radical (unpaired) electrons. The topological polar surface area (TPSA) is 78.9 Å². The third kappa shape index (κ3) is 56.6. The van der Waals surface area contributed by atoms with Crippen molar-refractivity contribution in [3.8, 4) is 0 Å². The maximum Gasteiger partial charge on any atom is 0.306 e. The van der Waals surface area contributed by atoms with Crippen molar-refractivity contribution in [2.24, 2.45) is 0 Å². The molecule has 0 fully saturated rings. The van der Waals surface area contributed by atoms with Crippen LogP contribution in [0.2, 0.25) is 0 Å². The highest BCUT2D eigenvalue weighted by molar-refractivity contribution is 5.71. The van der Waals surface area contributed by atoms with Crippen LogP contribution in [-0.4, -0.2) is 37.2 Å². The van der Waals surface area contributed by atoms with Crippen molar-refractivity contribution >= 4 is 17.9 Å². The highest BCUT2D eigenvalue weighted by Crippen LogP contribution is 2.14. The molecule has 0 saturated heterocycles.